The van der Waals surface area contributed by atoms with Crippen molar-refractivity contribution >= 4 is 49.8 Å². The zero-order chi connectivity index (χ0) is 21.0. The molecule has 3 rings (SSSR count). The predicted octanol–water partition coefficient (Wildman–Crippen LogP) is 4.24. The molecule has 152 valence electrons. The highest BCUT2D eigenvalue weighted by Crippen LogP contribution is 2.29. The summed E-state index contributed by atoms with van der Waals surface area (Å²) in [7, 11) is -2.33. The number of thiazole rings is 1. The monoisotopic (exact) mass is 449 g/mol. The Kier molecular flexibility index (Phi) is 6.46. The van der Waals surface area contributed by atoms with Crippen LogP contribution in [0.3, 0.4) is 0 Å². The molecule has 2 aromatic carbocycles. The molecule has 0 aliphatic carbocycles. The highest BCUT2D eigenvalue weighted by molar-refractivity contribution is 7.98. The van der Waals surface area contributed by atoms with Gasteiger partial charge in [-0.15, -0.1) is 11.8 Å². The van der Waals surface area contributed by atoms with Crippen molar-refractivity contribution in [2.24, 2.45) is 0 Å². The molecule has 0 saturated heterocycles. The largest absolute Gasteiger partial charge is 0.497 e. The first kappa shape index (κ1) is 21.2. The van der Waals surface area contributed by atoms with Gasteiger partial charge >= 0.3 is 0 Å². The number of carbonyl (C=O) groups excluding carboxylic acids is 1. The second-order valence-electron chi connectivity index (χ2n) is 5.87. The van der Waals surface area contributed by atoms with Crippen molar-refractivity contribution in [2.75, 3.05) is 23.4 Å². The molecule has 10 heteroatoms. The molecule has 0 atom stereocenters. The van der Waals surface area contributed by atoms with E-state index in [1.54, 1.807) is 19.1 Å². The number of nitrogens with zero attached hydrogens (tertiary/aromatic N) is 1. The Hall–Kier alpha value is -2.56. The molecule has 1 heterocycles. The Morgan fingerprint density at radius 2 is 1.83 bits per heavy atom. The molecule has 2 N–H and O–H groups in total. The molecule has 7 nitrogen and oxygen atoms in total. The van der Waals surface area contributed by atoms with Crippen LogP contribution in [0.4, 0.5) is 10.8 Å². The topological polar surface area (TPSA) is 97.4 Å². The minimum absolute atomic E-state index is 0.0750. The third-order valence-electron chi connectivity index (χ3n) is 3.95. The highest BCUT2D eigenvalue weighted by atomic mass is 32.2. The van der Waals surface area contributed by atoms with Crippen molar-refractivity contribution in [1.82, 2.24) is 4.98 Å². The van der Waals surface area contributed by atoms with E-state index in [1.165, 1.54) is 31.0 Å². The number of sulfonamides is 1. The second-order valence-corrected chi connectivity index (χ2v) is 9.40. The number of carbonyl (C=O) groups is 1. The van der Waals surface area contributed by atoms with Crippen LogP contribution >= 0.6 is 23.1 Å². The number of rotatable bonds is 7. The molecule has 1 amide bonds. The van der Waals surface area contributed by atoms with Gasteiger partial charge in [0.25, 0.3) is 15.9 Å². The lowest BCUT2D eigenvalue weighted by Gasteiger charge is -2.08. The molecule has 29 heavy (non-hydrogen) atoms. The van der Waals surface area contributed by atoms with E-state index in [-0.39, 0.29) is 15.9 Å². The summed E-state index contributed by atoms with van der Waals surface area (Å²) >= 11 is 2.51. The van der Waals surface area contributed by atoms with Gasteiger partial charge in [-0.25, -0.2) is 13.4 Å². The average molecular weight is 450 g/mol. The molecule has 0 unspecified atom stereocenters. The van der Waals surface area contributed by atoms with Gasteiger partial charge in [-0.05, 0) is 49.6 Å². The number of aryl methyl sites for hydroxylation is 1. The lowest BCUT2D eigenvalue weighted by Crippen LogP contribution is -2.12. The summed E-state index contributed by atoms with van der Waals surface area (Å²) in [5.74, 6) is 0.218. The van der Waals surface area contributed by atoms with Crippen molar-refractivity contribution in [3.63, 3.8) is 0 Å². The van der Waals surface area contributed by atoms with Crippen molar-refractivity contribution < 1.29 is 17.9 Å². The molecule has 0 aliphatic rings. The summed E-state index contributed by atoms with van der Waals surface area (Å²) in [6, 6.07) is 13.5. The first-order valence-corrected chi connectivity index (χ1v) is 11.9. The molecule has 1 aromatic heterocycles. The maximum atomic E-state index is 12.7. The normalized spacial score (nSPS) is 11.1. The van der Waals surface area contributed by atoms with Crippen LogP contribution in [0.5, 0.6) is 5.75 Å². The number of methoxy groups -OCH3 is 1. The number of amides is 1. The van der Waals surface area contributed by atoms with E-state index in [0.717, 1.165) is 16.2 Å². The second kappa shape index (κ2) is 8.85. The predicted molar refractivity (Wildman–Crippen MR) is 117 cm³/mol. The molecule has 0 bridgehead atoms. The van der Waals surface area contributed by atoms with Gasteiger partial charge in [0.2, 0.25) is 0 Å². The van der Waals surface area contributed by atoms with E-state index < -0.39 is 10.0 Å². The first-order valence-electron chi connectivity index (χ1n) is 8.42. The van der Waals surface area contributed by atoms with Gasteiger partial charge in [0, 0.05) is 4.90 Å². The molecule has 0 radical (unpaired) electrons. The van der Waals surface area contributed by atoms with E-state index >= 15 is 0 Å². The lowest BCUT2D eigenvalue weighted by atomic mass is 10.3. The third-order valence-corrected chi connectivity index (χ3v) is 7.30. The lowest BCUT2D eigenvalue weighted by molar-refractivity contribution is 0.102. The van der Waals surface area contributed by atoms with Gasteiger partial charge in [-0.2, -0.15) is 0 Å². The minimum Gasteiger partial charge on any atom is -0.497 e. The Morgan fingerprint density at radius 3 is 2.48 bits per heavy atom. The molecular weight excluding hydrogens is 430 g/mol. The number of para-hydroxylation sites is 1. The van der Waals surface area contributed by atoms with Gasteiger partial charge in [0.1, 0.15) is 10.6 Å². The maximum Gasteiger partial charge on any atom is 0.267 e. The van der Waals surface area contributed by atoms with Crippen LogP contribution < -0.4 is 14.8 Å². The summed E-state index contributed by atoms with van der Waals surface area (Å²) in [6.45, 7) is 1.66. The maximum absolute atomic E-state index is 12.7. The Balaban J connectivity index is 1.79. The highest BCUT2D eigenvalue weighted by Gasteiger charge is 2.21. The molecule has 3 aromatic rings. The van der Waals surface area contributed by atoms with Crippen molar-refractivity contribution in [1.29, 1.82) is 0 Å². The number of thioether (sulfide) groups is 1. The number of anilines is 2. The molecule has 0 fully saturated rings. The fraction of sp³-hybridized carbons (Fsp3) is 0.158. The molecule has 0 saturated carbocycles. The van der Waals surface area contributed by atoms with Crippen molar-refractivity contribution in [3.8, 4) is 5.75 Å². The molecule has 0 spiro atoms. The number of hydrogen-bond donors (Lipinski definition) is 2. The number of hydrogen-bond acceptors (Lipinski definition) is 7. The van der Waals surface area contributed by atoms with Crippen LogP contribution in [0.1, 0.15) is 15.4 Å². The third kappa shape index (κ3) is 4.89. The van der Waals surface area contributed by atoms with Crippen LogP contribution in [0, 0.1) is 6.92 Å². The van der Waals surface area contributed by atoms with Gasteiger partial charge in [-0.3, -0.25) is 9.52 Å². The fourth-order valence-electron chi connectivity index (χ4n) is 2.51. The number of ether oxygens (including phenoxy) is 1. The van der Waals surface area contributed by atoms with E-state index in [9.17, 15) is 13.2 Å². The van der Waals surface area contributed by atoms with E-state index in [4.69, 9.17) is 4.74 Å². The zero-order valence-corrected chi connectivity index (χ0v) is 18.4. The standard InChI is InChI=1S/C19H19N3O4S3/c1-12-17(18(23)21-15-6-4-5-7-16(15)27-3)28-19(20-12)22-29(24,25)14-10-8-13(26-2)9-11-14/h4-11H,1-3H3,(H,20,22)(H,21,23). The molecule has 0 aliphatic heterocycles. The number of benzene rings is 2. The van der Waals surface area contributed by atoms with Crippen LogP contribution in [0.25, 0.3) is 0 Å². The zero-order valence-electron chi connectivity index (χ0n) is 15.9. The molecular formula is C19H19N3O4S3. The Morgan fingerprint density at radius 1 is 1.14 bits per heavy atom. The summed E-state index contributed by atoms with van der Waals surface area (Å²) in [5, 5.41) is 2.99. The Bertz CT molecular complexity index is 1130. The van der Waals surface area contributed by atoms with E-state index in [2.05, 4.69) is 15.0 Å². The van der Waals surface area contributed by atoms with Crippen molar-refractivity contribution in [3.05, 3.63) is 59.1 Å². The van der Waals surface area contributed by atoms with E-state index in [1.807, 2.05) is 30.5 Å². The summed E-state index contributed by atoms with van der Waals surface area (Å²) in [5.41, 5.74) is 1.14. The van der Waals surface area contributed by atoms with Gasteiger partial charge in [0.05, 0.1) is 23.4 Å². The first-order chi connectivity index (χ1) is 13.8. The van der Waals surface area contributed by atoms with Crippen molar-refractivity contribution in [2.45, 2.75) is 16.7 Å². The van der Waals surface area contributed by atoms with Crippen LogP contribution in [0.2, 0.25) is 0 Å². The quantitative estimate of drug-likeness (QED) is 0.524. The smallest absolute Gasteiger partial charge is 0.267 e. The SMILES string of the molecule is COc1ccc(S(=O)(=O)Nc2nc(C)c(C(=O)Nc3ccccc3SC)s2)cc1. The van der Waals surface area contributed by atoms with Gasteiger partial charge in [-0.1, -0.05) is 23.5 Å². The Labute approximate surface area is 177 Å². The summed E-state index contributed by atoms with van der Waals surface area (Å²) in [4.78, 5) is 18.2. The van der Waals surface area contributed by atoms with Crippen LogP contribution in [0.15, 0.2) is 58.3 Å². The minimum atomic E-state index is -3.83. The van der Waals surface area contributed by atoms with Gasteiger partial charge < -0.3 is 10.1 Å². The fourth-order valence-corrected chi connectivity index (χ4v) is 5.16. The van der Waals surface area contributed by atoms with Crippen LogP contribution in [-0.4, -0.2) is 32.7 Å². The van der Waals surface area contributed by atoms with Gasteiger partial charge in [0.15, 0.2) is 5.13 Å². The van der Waals surface area contributed by atoms with Crippen LogP contribution in [-0.2, 0) is 10.0 Å². The average Bonchev–Trinajstić information content (AvgIpc) is 3.07. The summed E-state index contributed by atoms with van der Waals surface area (Å²) < 4.78 is 32.6. The van der Waals surface area contributed by atoms with E-state index in [0.29, 0.717) is 22.0 Å². The number of aromatic nitrogens is 1. The summed E-state index contributed by atoms with van der Waals surface area (Å²) in [6.07, 6.45) is 1.93. The number of nitrogens with one attached hydrogen (secondary N) is 2.